The Hall–Kier alpha value is -1.50. The Morgan fingerprint density at radius 1 is 1.19 bits per heavy atom. The third-order valence-electron chi connectivity index (χ3n) is 3.77. The number of rotatable bonds is 2. The largest absolute Gasteiger partial charge is 0.508 e. The van der Waals surface area contributed by atoms with Gasteiger partial charge in [0.2, 0.25) is 0 Å². The highest BCUT2D eigenvalue weighted by atomic mass is 16.3. The van der Waals surface area contributed by atoms with E-state index in [0.29, 0.717) is 11.7 Å². The second kappa shape index (κ2) is 3.51. The average molecular weight is 212 g/mol. The van der Waals surface area contributed by atoms with Crippen LogP contribution >= 0.6 is 0 Å². The zero-order valence-corrected chi connectivity index (χ0v) is 9.48. The summed E-state index contributed by atoms with van der Waals surface area (Å²) in [5, 5.41) is 12.5. The highest BCUT2D eigenvalue weighted by Crippen LogP contribution is 2.53. The number of hydrogen-bond acceptors (Lipinski definition) is 1. The van der Waals surface area contributed by atoms with Crippen LogP contribution in [0.4, 0.5) is 0 Å². The first-order valence-corrected chi connectivity index (χ1v) is 6.02. The molecule has 1 N–H and O–H groups in total. The first-order chi connectivity index (χ1) is 7.81. The summed E-state index contributed by atoms with van der Waals surface area (Å²) >= 11 is 0. The van der Waals surface area contributed by atoms with Gasteiger partial charge in [-0.2, -0.15) is 0 Å². The summed E-state index contributed by atoms with van der Waals surface area (Å²) < 4.78 is 0. The van der Waals surface area contributed by atoms with Gasteiger partial charge in [-0.1, -0.05) is 43.7 Å². The Balaban J connectivity index is 2.18. The molecular weight excluding hydrogens is 196 g/mol. The van der Waals surface area contributed by atoms with Crippen molar-refractivity contribution < 1.29 is 5.11 Å². The summed E-state index contributed by atoms with van der Waals surface area (Å²) in [7, 11) is 0. The van der Waals surface area contributed by atoms with Crippen LogP contribution in [0.5, 0.6) is 5.75 Å². The highest BCUT2D eigenvalue weighted by Gasteiger charge is 2.39. The lowest BCUT2D eigenvalue weighted by atomic mass is 9.98. The van der Waals surface area contributed by atoms with E-state index in [-0.39, 0.29) is 0 Å². The third-order valence-corrected chi connectivity index (χ3v) is 3.77. The maximum Gasteiger partial charge on any atom is 0.119 e. The van der Waals surface area contributed by atoms with Gasteiger partial charge in [-0.25, -0.2) is 0 Å². The molecule has 0 radical (unpaired) electrons. The number of phenolic OH excluding ortho intramolecular Hbond substituents is 1. The lowest BCUT2D eigenvalue weighted by molar-refractivity contribution is 0.468. The number of hydrogen-bond donors (Lipinski definition) is 1. The van der Waals surface area contributed by atoms with E-state index in [0.717, 1.165) is 5.92 Å². The molecule has 1 aliphatic carbocycles. The Kier molecular flexibility index (Phi) is 2.13. The second-order valence-corrected chi connectivity index (χ2v) is 4.73. The predicted molar refractivity (Wildman–Crippen MR) is 66.8 cm³/mol. The molecule has 0 aliphatic heterocycles. The third kappa shape index (κ3) is 1.39. The molecular formula is C15H16O. The Morgan fingerprint density at radius 3 is 2.75 bits per heavy atom. The molecule has 16 heavy (non-hydrogen) atoms. The van der Waals surface area contributed by atoms with Crippen LogP contribution < -0.4 is 0 Å². The molecule has 3 rings (SSSR count). The average Bonchev–Trinajstić information content (AvgIpc) is 3.08. The number of benzene rings is 2. The van der Waals surface area contributed by atoms with Gasteiger partial charge < -0.3 is 5.11 Å². The van der Waals surface area contributed by atoms with Gasteiger partial charge >= 0.3 is 0 Å². The fourth-order valence-electron chi connectivity index (χ4n) is 2.73. The lowest BCUT2D eigenvalue weighted by Gasteiger charge is -2.08. The molecule has 1 aliphatic rings. The molecule has 1 heteroatoms. The summed E-state index contributed by atoms with van der Waals surface area (Å²) in [6.45, 7) is 2.23. The SMILES string of the molecule is CCC1CC1c1c(O)ccc2ccccc12. The molecule has 0 spiro atoms. The van der Waals surface area contributed by atoms with Crippen molar-refractivity contribution in [2.24, 2.45) is 5.92 Å². The van der Waals surface area contributed by atoms with Crippen molar-refractivity contribution in [1.29, 1.82) is 0 Å². The van der Waals surface area contributed by atoms with Crippen LogP contribution in [0.25, 0.3) is 10.8 Å². The molecule has 1 nitrogen and oxygen atoms in total. The van der Waals surface area contributed by atoms with Crippen molar-refractivity contribution in [2.45, 2.75) is 25.7 Å². The molecule has 2 unspecified atom stereocenters. The zero-order valence-electron chi connectivity index (χ0n) is 9.48. The van der Waals surface area contributed by atoms with Crippen molar-refractivity contribution >= 4 is 10.8 Å². The van der Waals surface area contributed by atoms with Crippen LogP contribution in [0.3, 0.4) is 0 Å². The maximum absolute atomic E-state index is 10.0. The number of aromatic hydroxyl groups is 1. The van der Waals surface area contributed by atoms with Crippen LogP contribution in [0.2, 0.25) is 0 Å². The summed E-state index contributed by atoms with van der Waals surface area (Å²) in [5.41, 5.74) is 1.17. The molecule has 0 amide bonds. The maximum atomic E-state index is 10.0. The van der Waals surface area contributed by atoms with Crippen LogP contribution in [0.15, 0.2) is 36.4 Å². The Labute approximate surface area is 95.7 Å². The second-order valence-electron chi connectivity index (χ2n) is 4.73. The van der Waals surface area contributed by atoms with Gasteiger partial charge in [0.1, 0.15) is 5.75 Å². The summed E-state index contributed by atoms with van der Waals surface area (Å²) in [6.07, 6.45) is 2.45. The number of phenols is 1. The van der Waals surface area contributed by atoms with Crippen molar-refractivity contribution in [3.63, 3.8) is 0 Å². The molecule has 0 aromatic heterocycles. The molecule has 2 aromatic carbocycles. The van der Waals surface area contributed by atoms with Gasteiger partial charge in [0.25, 0.3) is 0 Å². The van der Waals surface area contributed by atoms with E-state index in [4.69, 9.17) is 0 Å². The minimum Gasteiger partial charge on any atom is -0.508 e. The molecule has 0 heterocycles. The number of fused-ring (bicyclic) bond motifs is 1. The fourth-order valence-corrected chi connectivity index (χ4v) is 2.73. The van der Waals surface area contributed by atoms with Crippen LogP contribution in [0, 0.1) is 5.92 Å². The summed E-state index contributed by atoms with van der Waals surface area (Å²) in [4.78, 5) is 0. The lowest BCUT2D eigenvalue weighted by Crippen LogP contribution is -1.87. The van der Waals surface area contributed by atoms with Gasteiger partial charge in [0.15, 0.2) is 0 Å². The zero-order chi connectivity index (χ0) is 11.1. The van der Waals surface area contributed by atoms with Crippen molar-refractivity contribution in [2.75, 3.05) is 0 Å². The van der Waals surface area contributed by atoms with Crippen LogP contribution in [-0.4, -0.2) is 5.11 Å². The van der Waals surface area contributed by atoms with E-state index in [9.17, 15) is 5.11 Å². The summed E-state index contributed by atoms with van der Waals surface area (Å²) in [5.74, 6) is 1.83. The molecule has 1 fully saturated rings. The van der Waals surface area contributed by atoms with Crippen molar-refractivity contribution in [1.82, 2.24) is 0 Å². The summed E-state index contributed by atoms with van der Waals surface area (Å²) in [6, 6.07) is 12.2. The van der Waals surface area contributed by atoms with Crippen LogP contribution in [-0.2, 0) is 0 Å². The predicted octanol–water partition coefficient (Wildman–Crippen LogP) is 4.06. The highest BCUT2D eigenvalue weighted by molar-refractivity contribution is 5.88. The molecule has 2 atom stereocenters. The van der Waals surface area contributed by atoms with Gasteiger partial charge in [0, 0.05) is 5.56 Å². The van der Waals surface area contributed by atoms with Crippen LogP contribution in [0.1, 0.15) is 31.2 Å². The van der Waals surface area contributed by atoms with E-state index in [1.165, 1.54) is 29.2 Å². The van der Waals surface area contributed by atoms with E-state index >= 15 is 0 Å². The molecule has 2 aromatic rings. The van der Waals surface area contributed by atoms with E-state index < -0.39 is 0 Å². The Bertz CT molecular complexity index is 530. The normalized spacial score (nSPS) is 23.6. The van der Waals surface area contributed by atoms with Gasteiger partial charge in [-0.05, 0) is 35.1 Å². The van der Waals surface area contributed by atoms with E-state index in [1.807, 2.05) is 18.2 Å². The topological polar surface area (TPSA) is 20.2 Å². The fraction of sp³-hybridized carbons (Fsp3) is 0.333. The van der Waals surface area contributed by atoms with Gasteiger partial charge in [-0.3, -0.25) is 0 Å². The van der Waals surface area contributed by atoms with Crippen molar-refractivity contribution in [3.8, 4) is 5.75 Å². The minimum atomic E-state index is 0.472. The van der Waals surface area contributed by atoms with E-state index in [1.54, 1.807) is 0 Å². The molecule has 0 saturated heterocycles. The monoisotopic (exact) mass is 212 g/mol. The molecule has 82 valence electrons. The quantitative estimate of drug-likeness (QED) is 0.796. The molecule has 1 saturated carbocycles. The van der Waals surface area contributed by atoms with Crippen molar-refractivity contribution in [3.05, 3.63) is 42.0 Å². The first kappa shape index (κ1) is 9.71. The van der Waals surface area contributed by atoms with Gasteiger partial charge in [-0.15, -0.1) is 0 Å². The minimum absolute atomic E-state index is 0.472. The van der Waals surface area contributed by atoms with E-state index in [2.05, 4.69) is 25.1 Å². The Morgan fingerprint density at radius 2 is 2.00 bits per heavy atom. The smallest absolute Gasteiger partial charge is 0.119 e. The first-order valence-electron chi connectivity index (χ1n) is 6.02. The standard InChI is InChI=1S/C15H16O/c1-2-10-9-13(10)15-12-6-4-3-5-11(12)7-8-14(15)16/h3-8,10,13,16H,2,9H2,1H3. The van der Waals surface area contributed by atoms with Gasteiger partial charge in [0.05, 0.1) is 0 Å². The molecule has 0 bridgehead atoms.